The number of likely N-dealkylation sites (tertiary alicyclic amines) is 1. The minimum Gasteiger partial charge on any atom is -0.395 e. The minimum absolute atomic E-state index is 0.119. The molecule has 92 valence electrons. The van der Waals surface area contributed by atoms with Crippen molar-refractivity contribution in [2.24, 2.45) is 0 Å². The van der Waals surface area contributed by atoms with E-state index < -0.39 is 4.92 Å². The van der Waals surface area contributed by atoms with Crippen LogP contribution in [0.1, 0.15) is 18.4 Å². The van der Waals surface area contributed by atoms with Crippen LogP contribution in [-0.2, 0) is 6.54 Å². The second-order valence-corrected chi connectivity index (χ2v) is 4.37. The van der Waals surface area contributed by atoms with Gasteiger partial charge in [0.1, 0.15) is 0 Å². The summed E-state index contributed by atoms with van der Waals surface area (Å²) >= 11 is 0. The highest BCUT2D eigenvalue weighted by Gasteiger charge is 2.23. The lowest BCUT2D eigenvalue weighted by molar-refractivity contribution is -0.384. The number of hydrogen-bond acceptors (Lipinski definition) is 4. The molecule has 2 rings (SSSR count). The van der Waals surface area contributed by atoms with Gasteiger partial charge in [-0.25, -0.2) is 0 Å². The van der Waals surface area contributed by atoms with Crippen LogP contribution < -0.4 is 0 Å². The Balaban J connectivity index is 2.01. The molecule has 17 heavy (non-hydrogen) atoms. The van der Waals surface area contributed by atoms with Gasteiger partial charge >= 0.3 is 0 Å². The highest BCUT2D eigenvalue weighted by atomic mass is 16.6. The topological polar surface area (TPSA) is 66.6 Å². The van der Waals surface area contributed by atoms with Crippen molar-refractivity contribution in [3.05, 3.63) is 39.9 Å². The molecule has 1 aromatic rings. The third-order valence-corrected chi connectivity index (χ3v) is 3.24. The van der Waals surface area contributed by atoms with Crippen LogP contribution in [-0.4, -0.2) is 34.1 Å². The molecule has 1 N–H and O–H groups in total. The van der Waals surface area contributed by atoms with Gasteiger partial charge in [-0.05, 0) is 24.9 Å². The SMILES string of the molecule is O=[N+]([O-])c1ccc(CN2CCCC2CO)cc1. The Morgan fingerprint density at radius 3 is 2.71 bits per heavy atom. The number of aliphatic hydroxyl groups excluding tert-OH is 1. The number of aliphatic hydroxyl groups is 1. The molecule has 1 atom stereocenters. The zero-order chi connectivity index (χ0) is 12.3. The molecule has 0 amide bonds. The molecular formula is C12H16N2O3. The van der Waals surface area contributed by atoms with E-state index >= 15 is 0 Å². The van der Waals surface area contributed by atoms with Crippen molar-refractivity contribution in [3.63, 3.8) is 0 Å². The standard InChI is InChI=1S/C12H16N2O3/c15-9-12-2-1-7-13(12)8-10-3-5-11(6-4-10)14(16)17/h3-6,12,15H,1-2,7-9H2. The minimum atomic E-state index is -0.393. The van der Waals surface area contributed by atoms with Gasteiger partial charge in [-0.3, -0.25) is 15.0 Å². The number of hydrogen-bond donors (Lipinski definition) is 1. The van der Waals surface area contributed by atoms with E-state index in [-0.39, 0.29) is 18.3 Å². The van der Waals surface area contributed by atoms with E-state index in [0.717, 1.165) is 31.5 Å². The highest BCUT2D eigenvalue weighted by Crippen LogP contribution is 2.20. The van der Waals surface area contributed by atoms with Crippen molar-refractivity contribution in [3.8, 4) is 0 Å². The quantitative estimate of drug-likeness (QED) is 0.636. The first-order valence-electron chi connectivity index (χ1n) is 5.79. The number of benzene rings is 1. The van der Waals surface area contributed by atoms with E-state index in [0.29, 0.717) is 0 Å². The average Bonchev–Trinajstić information content (AvgIpc) is 2.77. The summed E-state index contributed by atoms with van der Waals surface area (Å²) in [6.07, 6.45) is 2.14. The highest BCUT2D eigenvalue weighted by molar-refractivity contribution is 5.32. The number of nitro benzene ring substituents is 1. The van der Waals surface area contributed by atoms with Gasteiger partial charge in [0, 0.05) is 24.7 Å². The number of nitro groups is 1. The normalized spacial score (nSPS) is 20.6. The molecule has 0 radical (unpaired) electrons. The summed E-state index contributed by atoms with van der Waals surface area (Å²) in [6.45, 7) is 1.93. The summed E-state index contributed by atoms with van der Waals surface area (Å²) in [5.74, 6) is 0. The van der Waals surface area contributed by atoms with Crippen LogP contribution in [0.25, 0.3) is 0 Å². The first kappa shape index (κ1) is 12.0. The van der Waals surface area contributed by atoms with Crippen LogP contribution in [0.3, 0.4) is 0 Å². The molecule has 0 aromatic heterocycles. The van der Waals surface area contributed by atoms with Crippen molar-refractivity contribution < 1.29 is 10.0 Å². The summed E-state index contributed by atoms with van der Waals surface area (Å²) in [6, 6.07) is 6.86. The molecule has 1 aromatic carbocycles. The lowest BCUT2D eigenvalue weighted by atomic mass is 10.2. The van der Waals surface area contributed by atoms with E-state index in [2.05, 4.69) is 4.90 Å². The zero-order valence-electron chi connectivity index (χ0n) is 9.58. The Morgan fingerprint density at radius 1 is 1.41 bits per heavy atom. The van der Waals surface area contributed by atoms with Gasteiger partial charge in [0.2, 0.25) is 0 Å². The molecule has 1 aliphatic rings. The number of rotatable bonds is 4. The number of nitrogens with zero attached hydrogens (tertiary/aromatic N) is 2. The Morgan fingerprint density at radius 2 is 2.12 bits per heavy atom. The van der Waals surface area contributed by atoms with Crippen LogP contribution in [0.4, 0.5) is 5.69 Å². The van der Waals surface area contributed by atoms with Crippen LogP contribution in [0.5, 0.6) is 0 Å². The predicted molar refractivity (Wildman–Crippen MR) is 63.6 cm³/mol. The smallest absolute Gasteiger partial charge is 0.269 e. The molecule has 0 aliphatic carbocycles. The fourth-order valence-corrected chi connectivity index (χ4v) is 2.27. The Hall–Kier alpha value is -1.46. The van der Waals surface area contributed by atoms with E-state index in [1.165, 1.54) is 12.1 Å². The second-order valence-electron chi connectivity index (χ2n) is 4.37. The van der Waals surface area contributed by atoms with Crippen molar-refractivity contribution in [1.82, 2.24) is 4.90 Å². The Kier molecular flexibility index (Phi) is 3.71. The molecule has 1 saturated heterocycles. The average molecular weight is 236 g/mol. The largest absolute Gasteiger partial charge is 0.395 e. The third kappa shape index (κ3) is 2.81. The summed E-state index contributed by atoms with van der Waals surface area (Å²) in [5, 5.41) is 19.7. The van der Waals surface area contributed by atoms with Crippen molar-refractivity contribution >= 4 is 5.69 Å². The molecule has 0 bridgehead atoms. The molecule has 1 unspecified atom stereocenters. The fraction of sp³-hybridized carbons (Fsp3) is 0.500. The maximum Gasteiger partial charge on any atom is 0.269 e. The molecule has 1 heterocycles. The maximum absolute atomic E-state index is 10.5. The van der Waals surface area contributed by atoms with Crippen molar-refractivity contribution in [2.75, 3.05) is 13.2 Å². The fourth-order valence-electron chi connectivity index (χ4n) is 2.27. The number of non-ortho nitro benzene ring substituents is 1. The predicted octanol–water partition coefficient (Wildman–Crippen LogP) is 1.55. The summed E-state index contributed by atoms with van der Waals surface area (Å²) in [4.78, 5) is 12.3. The maximum atomic E-state index is 10.5. The lowest BCUT2D eigenvalue weighted by Gasteiger charge is -2.22. The van der Waals surface area contributed by atoms with Gasteiger partial charge in [-0.2, -0.15) is 0 Å². The van der Waals surface area contributed by atoms with Crippen LogP contribution in [0.15, 0.2) is 24.3 Å². The van der Waals surface area contributed by atoms with Crippen LogP contribution in [0.2, 0.25) is 0 Å². The molecular weight excluding hydrogens is 220 g/mol. The monoisotopic (exact) mass is 236 g/mol. The van der Waals surface area contributed by atoms with Gasteiger partial charge in [-0.15, -0.1) is 0 Å². The second kappa shape index (κ2) is 5.25. The summed E-state index contributed by atoms with van der Waals surface area (Å²) in [5.41, 5.74) is 1.17. The van der Waals surface area contributed by atoms with Gasteiger partial charge in [0.15, 0.2) is 0 Å². The Bertz CT molecular complexity index is 391. The first-order valence-corrected chi connectivity index (χ1v) is 5.79. The van der Waals surface area contributed by atoms with Crippen LogP contribution in [0, 0.1) is 10.1 Å². The Labute approximate surface area is 99.8 Å². The van der Waals surface area contributed by atoms with E-state index in [9.17, 15) is 15.2 Å². The van der Waals surface area contributed by atoms with Crippen molar-refractivity contribution in [1.29, 1.82) is 0 Å². The first-order chi connectivity index (χ1) is 8.20. The molecule has 0 spiro atoms. The molecule has 5 heteroatoms. The van der Waals surface area contributed by atoms with Crippen LogP contribution >= 0.6 is 0 Å². The molecule has 0 saturated carbocycles. The third-order valence-electron chi connectivity index (χ3n) is 3.24. The van der Waals surface area contributed by atoms with Gasteiger partial charge in [-0.1, -0.05) is 12.1 Å². The van der Waals surface area contributed by atoms with E-state index in [4.69, 9.17) is 0 Å². The lowest BCUT2D eigenvalue weighted by Crippen LogP contribution is -2.31. The van der Waals surface area contributed by atoms with Gasteiger partial charge in [0.25, 0.3) is 5.69 Å². The molecule has 5 nitrogen and oxygen atoms in total. The zero-order valence-corrected chi connectivity index (χ0v) is 9.58. The molecule has 1 aliphatic heterocycles. The van der Waals surface area contributed by atoms with Gasteiger partial charge in [0.05, 0.1) is 11.5 Å². The van der Waals surface area contributed by atoms with E-state index in [1.807, 2.05) is 0 Å². The van der Waals surface area contributed by atoms with Crippen molar-refractivity contribution in [2.45, 2.75) is 25.4 Å². The molecule has 1 fully saturated rings. The summed E-state index contributed by atoms with van der Waals surface area (Å²) < 4.78 is 0. The summed E-state index contributed by atoms with van der Waals surface area (Å²) in [7, 11) is 0. The van der Waals surface area contributed by atoms with E-state index in [1.54, 1.807) is 12.1 Å². The van der Waals surface area contributed by atoms with Gasteiger partial charge < -0.3 is 5.11 Å².